The van der Waals surface area contributed by atoms with E-state index in [1.54, 1.807) is 14.2 Å². The Bertz CT molecular complexity index is 1180. The van der Waals surface area contributed by atoms with Gasteiger partial charge in [-0.1, -0.05) is 43.3 Å². The SMILES string of the molecule is CCCOCCCOC.CNC(=O)CCc1ccc2c(c1)C(COC(=O)NC)c1cccc(C(=O)CCCOCCCCO)c1-2. The minimum Gasteiger partial charge on any atom is -0.449 e. The zero-order valence-electron chi connectivity index (χ0n) is 27.5. The van der Waals surface area contributed by atoms with E-state index in [-0.39, 0.29) is 30.8 Å². The molecule has 10 nitrogen and oxygen atoms in total. The van der Waals surface area contributed by atoms with E-state index < -0.39 is 6.09 Å². The average Bonchev–Trinajstić information content (AvgIpc) is 3.38. The number of ether oxygens (including phenoxy) is 4. The van der Waals surface area contributed by atoms with E-state index in [2.05, 4.69) is 23.6 Å². The third kappa shape index (κ3) is 12.9. The van der Waals surface area contributed by atoms with Crippen LogP contribution in [0.5, 0.6) is 0 Å². The van der Waals surface area contributed by atoms with Crippen LogP contribution in [0.25, 0.3) is 11.1 Å². The molecular weight excluding hydrogens is 576 g/mol. The molecule has 0 bridgehead atoms. The Kier molecular flexibility index (Phi) is 18.7. The number of ketones is 1. The molecule has 3 rings (SSSR count). The lowest BCUT2D eigenvalue weighted by molar-refractivity contribution is -0.120. The number of alkyl carbamates (subject to hydrolysis) is 1. The van der Waals surface area contributed by atoms with Crippen molar-refractivity contribution in [2.24, 2.45) is 0 Å². The van der Waals surface area contributed by atoms with E-state index in [0.29, 0.717) is 50.9 Å². The second-order valence-electron chi connectivity index (χ2n) is 10.8. The summed E-state index contributed by atoms with van der Waals surface area (Å²) in [6.07, 6.45) is 5.09. The molecule has 0 aromatic heterocycles. The Balaban J connectivity index is 0.000000681. The van der Waals surface area contributed by atoms with Crippen molar-refractivity contribution in [1.29, 1.82) is 0 Å². The van der Waals surface area contributed by atoms with Gasteiger partial charge in [0.15, 0.2) is 5.78 Å². The van der Waals surface area contributed by atoms with Gasteiger partial charge in [0.05, 0.1) is 0 Å². The van der Waals surface area contributed by atoms with Crippen LogP contribution in [0.15, 0.2) is 36.4 Å². The molecule has 45 heavy (non-hydrogen) atoms. The van der Waals surface area contributed by atoms with Crippen molar-refractivity contribution < 1.29 is 38.4 Å². The molecule has 1 aliphatic carbocycles. The Morgan fingerprint density at radius 2 is 1.60 bits per heavy atom. The van der Waals surface area contributed by atoms with Crippen LogP contribution in [0.2, 0.25) is 0 Å². The van der Waals surface area contributed by atoms with Crippen molar-refractivity contribution in [2.75, 3.05) is 67.5 Å². The molecule has 0 radical (unpaired) electrons. The van der Waals surface area contributed by atoms with E-state index >= 15 is 0 Å². The van der Waals surface area contributed by atoms with E-state index in [4.69, 9.17) is 24.1 Å². The lowest BCUT2D eigenvalue weighted by atomic mass is 9.93. The van der Waals surface area contributed by atoms with Crippen LogP contribution in [0, 0.1) is 0 Å². The van der Waals surface area contributed by atoms with Gasteiger partial charge in [-0.15, -0.1) is 0 Å². The third-order valence-corrected chi connectivity index (χ3v) is 7.41. The highest BCUT2D eigenvalue weighted by Gasteiger charge is 2.33. The zero-order valence-corrected chi connectivity index (χ0v) is 27.5. The number of hydrogen-bond donors (Lipinski definition) is 3. The van der Waals surface area contributed by atoms with Crippen LogP contribution in [0.3, 0.4) is 0 Å². The normalized spacial score (nSPS) is 12.9. The molecule has 0 aliphatic heterocycles. The van der Waals surface area contributed by atoms with Crippen LogP contribution < -0.4 is 10.6 Å². The van der Waals surface area contributed by atoms with E-state index in [1.807, 2.05) is 30.3 Å². The number of rotatable bonds is 20. The number of unbranched alkanes of at least 4 members (excludes halogenated alkanes) is 1. The predicted molar refractivity (Wildman–Crippen MR) is 175 cm³/mol. The number of nitrogens with one attached hydrogen (secondary N) is 2. The van der Waals surface area contributed by atoms with Gasteiger partial charge in [-0.2, -0.15) is 0 Å². The summed E-state index contributed by atoms with van der Waals surface area (Å²) >= 11 is 0. The Labute approximate surface area is 268 Å². The number of benzene rings is 2. The number of hydrogen-bond acceptors (Lipinski definition) is 8. The Morgan fingerprint density at radius 3 is 2.31 bits per heavy atom. The van der Waals surface area contributed by atoms with Gasteiger partial charge in [-0.25, -0.2) is 4.79 Å². The summed E-state index contributed by atoms with van der Waals surface area (Å²) in [7, 11) is 4.85. The second kappa shape index (κ2) is 22.2. The summed E-state index contributed by atoms with van der Waals surface area (Å²) in [5.74, 6) is -0.174. The highest BCUT2D eigenvalue weighted by atomic mass is 16.5. The molecule has 2 amide bonds. The highest BCUT2D eigenvalue weighted by Crippen LogP contribution is 2.47. The average molecular weight is 629 g/mol. The molecule has 2 aromatic rings. The number of methoxy groups -OCH3 is 1. The number of carbonyl (C=O) groups excluding carboxylic acids is 3. The molecule has 1 atom stereocenters. The summed E-state index contributed by atoms with van der Waals surface area (Å²) in [4.78, 5) is 36.8. The quantitative estimate of drug-likeness (QED) is 0.137. The van der Waals surface area contributed by atoms with Gasteiger partial charge < -0.3 is 34.7 Å². The summed E-state index contributed by atoms with van der Waals surface area (Å²) in [6, 6.07) is 11.8. The smallest absolute Gasteiger partial charge is 0.406 e. The zero-order chi connectivity index (χ0) is 32.9. The van der Waals surface area contributed by atoms with Crippen LogP contribution in [0.1, 0.15) is 84.8 Å². The van der Waals surface area contributed by atoms with Crippen LogP contribution in [0.4, 0.5) is 4.79 Å². The first-order valence-corrected chi connectivity index (χ1v) is 16.0. The monoisotopic (exact) mass is 628 g/mol. The van der Waals surface area contributed by atoms with Crippen LogP contribution in [-0.4, -0.2) is 90.3 Å². The van der Waals surface area contributed by atoms with Gasteiger partial charge in [0.25, 0.3) is 0 Å². The van der Waals surface area contributed by atoms with Crippen molar-refractivity contribution >= 4 is 17.8 Å². The summed E-state index contributed by atoms with van der Waals surface area (Å²) in [5.41, 5.74) is 5.49. The van der Waals surface area contributed by atoms with Gasteiger partial charge in [-0.3, -0.25) is 9.59 Å². The molecule has 2 aromatic carbocycles. The molecule has 0 saturated carbocycles. The Morgan fingerprint density at radius 1 is 0.844 bits per heavy atom. The number of carbonyl (C=O) groups is 3. The first-order valence-electron chi connectivity index (χ1n) is 16.0. The van der Waals surface area contributed by atoms with Crippen molar-refractivity contribution in [1.82, 2.24) is 10.6 Å². The molecule has 1 unspecified atom stereocenters. The maximum Gasteiger partial charge on any atom is 0.406 e. The molecule has 0 heterocycles. The lowest BCUT2D eigenvalue weighted by Crippen LogP contribution is -2.22. The molecular formula is C35H52N2O8. The summed E-state index contributed by atoms with van der Waals surface area (Å²) in [5, 5.41) is 14.0. The van der Waals surface area contributed by atoms with Gasteiger partial charge in [-0.05, 0) is 66.3 Å². The van der Waals surface area contributed by atoms with Gasteiger partial charge in [0.2, 0.25) is 5.91 Å². The van der Waals surface area contributed by atoms with E-state index in [9.17, 15) is 14.4 Å². The van der Waals surface area contributed by atoms with Crippen molar-refractivity contribution in [3.63, 3.8) is 0 Å². The van der Waals surface area contributed by atoms with E-state index in [1.165, 1.54) is 7.05 Å². The fourth-order valence-corrected chi connectivity index (χ4v) is 5.08. The standard InChI is InChI=1S/C28H36N2O6.C7H16O2/c1-29-26(33)13-11-19-10-12-21-23(17-19)24(18-36-28(34)30-2)20-7-5-8-22(27(20)21)25(32)9-6-16-35-15-4-3-14-31;1-3-5-9-7-4-6-8-2/h5,7-8,10,12,17,24,31H,3-4,6,9,11,13-16,18H2,1-2H3,(H,29,33)(H,30,34);3-7H2,1-2H3. The molecule has 250 valence electrons. The van der Waals surface area contributed by atoms with Gasteiger partial charge in [0, 0.05) is 85.2 Å². The van der Waals surface area contributed by atoms with Crippen molar-refractivity contribution in [2.45, 2.75) is 64.2 Å². The topological polar surface area (TPSA) is 132 Å². The largest absolute Gasteiger partial charge is 0.449 e. The molecule has 0 spiro atoms. The number of fused-ring (bicyclic) bond motifs is 3. The molecule has 0 fully saturated rings. The molecule has 0 saturated heterocycles. The minimum atomic E-state index is -0.507. The van der Waals surface area contributed by atoms with Gasteiger partial charge >= 0.3 is 6.09 Å². The lowest BCUT2D eigenvalue weighted by Gasteiger charge is -2.15. The van der Waals surface area contributed by atoms with Gasteiger partial charge in [0.1, 0.15) is 6.61 Å². The number of aliphatic hydroxyl groups is 1. The highest BCUT2D eigenvalue weighted by molar-refractivity contribution is 6.04. The first-order chi connectivity index (χ1) is 21.9. The van der Waals surface area contributed by atoms with Crippen molar-refractivity contribution in [3.8, 4) is 11.1 Å². The maximum absolute atomic E-state index is 13.2. The van der Waals surface area contributed by atoms with E-state index in [0.717, 1.165) is 66.9 Å². The second-order valence-corrected chi connectivity index (χ2v) is 10.8. The first kappa shape index (κ1) is 37.9. The summed E-state index contributed by atoms with van der Waals surface area (Å²) in [6.45, 7) is 6.02. The number of aryl methyl sites for hydroxylation is 1. The Hall–Kier alpha value is -3.31. The number of amides is 2. The fraction of sp³-hybridized carbons (Fsp3) is 0.571. The third-order valence-electron chi connectivity index (χ3n) is 7.41. The molecule has 10 heteroatoms. The minimum absolute atomic E-state index is 0.0245. The number of Topliss-reactive ketones (excluding diaryl/α,β-unsaturated/α-hetero) is 1. The van der Waals surface area contributed by atoms with Crippen LogP contribution >= 0.6 is 0 Å². The fourth-order valence-electron chi connectivity index (χ4n) is 5.08. The number of aliphatic hydroxyl groups excluding tert-OH is 1. The maximum atomic E-state index is 13.2. The predicted octanol–water partition coefficient (Wildman–Crippen LogP) is 5.04. The van der Waals surface area contributed by atoms with Crippen LogP contribution in [-0.2, 0) is 30.2 Å². The van der Waals surface area contributed by atoms with Crippen molar-refractivity contribution in [3.05, 3.63) is 58.7 Å². The molecule has 1 aliphatic rings. The molecule has 3 N–H and O–H groups in total. The summed E-state index contributed by atoms with van der Waals surface area (Å²) < 4.78 is 21.0.